The lowest BCUT2D eigenvalue weighted by Gasteiger charge is -2.13. The van der Waals surface area contributed by atoms with Crippen molar-refractivity contribution >= 4 is 39.9 Å². The Hall–Kier alpha value is -4.73. The number of nitrogens with two attached hydrogens (primary N) is 2. The molecule has 0 aliphatic carbocycles. The molecule has 0 amide bonds. The standard InChI is InChI=1S/C25H20F2N8/c1-12-7-14(10-21(29)33-12)15-8-16(25(30)32-11-28)23-20(9-15)35(13(2)34-23)19-5-6-31-24-18(27)4-3-17(26)22(19)24/h3-11H,1-2H3,(H2,29,33)(H3,28,30,32). The van der Waals surface area contributed by atoms with Gasteiger partial charge in [-0.3, -0.25) is 15.0 Å². The highest BCUT2D eigenvalue weighted by molar-refractivity contribution is 6.11. The minimum absolute atomic E-state index is 0.0342. The van der Waals surface area contributed by atoms with Crippen molar-refractivity contribution in [2.24, 2.45) is 10.7 Å². The minimum atomic E-state index is -0.628. The van der Waals surface area contributed by atoms with Crippen LogP contribution in [-0.4, -0.2) is 31.7 Å². The summed E-state index contributed by atoms with van der Waals surface area (Å²) >= 11 is 0. The van der Waals surface area contributed by atoms with Crippen LogP contribution in [0.25, 0.3) is 38.8 Å². The van der Waals surface area contributed by atoms with Gasteiger partial charge in [-0.2, -0.15) is 0 Å². The van der Waals surface area contributed by atoms with Gasteiger partial charge in [-0.05, 0) is 67.4 Å². The average molecular weight is 470 g/mol. The minimum Gasteiger partial charge on any atom is -0.384 e. The van der Waals surface area contributed by atoms with Crippen LogP contribution in [0, 0.1) is 30.9 Å². The number of aromatic nitrogens is 4. The van der Waals surface area contributed by atoms with Crippen molar-refractivity contribution in [3.8, 4) is 16.8 Å². The Labute approximate surface area is 198 Å². The van der Waals surface area contributed by atoms with Gasteiger partial charge in [0.15, 0.2) is 0 Å². The predicted octanol–water partition coefficient (Wildman–Crippen LogP) is 4.43. The number of fused-ring (bicyclic) bond motifs is 2. The van der Waals surface area contributed by atoms with Gasteiger partial charge in [0.2, 0.25) is 0 Å². The molecular formula is C25H20F2N8. The van der Waals surface area contributed by atoms with Crippen molar-refractivity contribution in [3.63, 3.8) is 0 Å². The second-order valence-electron chi connectivity index (χ2n) is 8.03. The van der Waals surface area contributed by atoms with Crippen molar-refractivity contribution in [3.05, 3.63) is 77.4 Å². The van der Waals surface area contributed by atoms with Crippen LogP contribution in [0.2, 0.25) is 0 Å². The third kappa shape index (κ3) is 3.65. The molecule has 0 radical (unpaired) electrons. The van der Waals surface area contributed by atoms with E-state index in [0.29, 0.717) is 33.9 Å². The van der Waals surface area contributed by atoms with Crippen molar-refractivity contribution < 1.29 is 8.78 Å². The molecule has 174 valence electrons. The van der Waals surface area contributed by atoms with Gasteiger partial charge in [0.25, 0.3) is 0 Å². The molecular weight excluding hydrogens is 450 g/mol. The molecule has 5 aromatic rings. The fraction of sp³-hybridized carbons (Fsp3) is 0.0800. The van der Waals surface area contributed by atoms with E-state index in [9.17, 15) is 8.78 Å². The normalized spacial score (nSPS) is 11.9. The van der Waals surface area contributed by atoms with E-state index in [4.69, 9.17) is 16.9 Å². The monoisotopic (exact) mass is 470 g/mol. The van der Waals surface area contributed by atoms with Gasteiger partial charge in [0.1, 0.15) is 46.5 Å². The van der Waals surface area contributed by atoms with Crippen LogP contribution in [-0.2, 0) is 0 Å². The first-order valence-electron chi connectivity index (χ1n) is 10.6. The van der Waals surface area contributed by atoms with Crippen molar-refractivity contribution in [2.75, 3.05) is 5.73 Å². The number of aliphatic imine (C=N–C) groups is 1. The summed E-state index contributed by atoms with van der Waals surface area (Å²) in [5.74, 6) is -0.277. The molecule has 0 aliphatic rings. The van der Waals surface area contributed by atoms with Gasteiger partial charge >= 0.3 is 0 Å². The third-order valence-corrected chi connectivity index (χ3v) is 5.72. The molecule has 0 fully saturated rings. The van der Waals surface area contributed by atoms with E-state index in [1.807, 2.05) is 19.1 Å². The maximum absolute atomic E-state index is 15.0. The van der Waals surface area contributed by atoms with Crippen LogP contribution in [0.4, 0.5) is 14.6 Å². The predicted molar refractivity (Wildman–Crippen MR) is 133 cm³/mol. The molecule has 0 saturated heterocycles. The second-order valence-corrected chi connectivity index (χ2v) is 8.03. The molecule has 35 heavy (non-hydrogen) atoms. The lowest BCUT2D eigenvalue weighted by molar-refractivity contribution is 0.615. The maximum atomic E-state index is 15.0. The number of hydrogen-bond acceptors (Lipinski definition) is 5. The van der Waals surface area contributed by atoms with E-state index in [1.165, 1.54) is 6.20 Å². The molecule has 3 aromatic heterocycles. The summed E-state index contributed by atoms with van der Waals surface area (Å²) in [6.07, 6.45) is 2.27. The summed E-state index contributed by atoms with van der Waals surface area (Å²) in [7, 11) is 0. The molecule has 0 spiro atoms. The smallest absolute Gasteiger partial charge is 0.149 e. The Morgan fingerprint density at radius 3 is 2.49 bits per heavy atom. The van der Waals surface area contributed by atoms with Gasteiger partial charge in [-0.1, -0.05) is 0 Å². The summed E-state index contributed by atoms with van der Waals surface area (Å²) in [4.78, 5) is 16.9. The summed E-state index contributed by atoms with van der Waals surface area (Å²) < 4.78 is 31.2. The summed E-state index contributed by atoms with van der Waals surface area (Å²) in [5.41, 5.74) is 16.3. The van der Waals surface area contributed by atoms with Crippen molar-refractivity contribution in [1.29, 1.82) is 5.41 Å². The number of aryl methyl sites for hydroxylation is 2. The zero-order valence-corrected chi connectivity index (χ0v) is 18.8. The largest absolute Gasteiger partial charge is 0.384 e. The van der Waals surface area contributed by atoms with Gasteiger partial charge in [0.05, 0.1) is 16.6 Å². The first-order valence-corrected chi connectivity index (χ1v) is 10.6. The molecule has 0 aliphatic heterocycles. The number of rotatable bonds is 4. The Morgan fingerprint density at radius 2 is 1.74 bits per heavy atom. The number of benzene rings is 2. The third-order valence-electron chi connectivity index (χ3n) is 5.72. The topological polar surface area (TPSA) is 132 Å². The maximum Gasteiger partial charge on any atom is 0.149 e. The molecule has 5 rings (SSSR count). The van der Waals surface area contributed by atoms with Crippen LogP contribution in [0.1, 0.15) is 17.1 Å². The molecule has 0 atom stereocenters. The zero-order chi connectivity index (χ0) is 24.9. The molecule has 0 saturated carbocycles. The van der Waals surface area contributed by atoms with E-state index in [1.54, 1.807) is 29.7 Å². The number of halogens is 2. The molecule has 8 nitrogen and oxygen atoms in total. The lowest BCUT2D eigenvalue weighted by atomic mass is 10.0. The number of imidazole rings is 1. The Bertz CT molecular complexity index is 1670. The van der Waals surface area contributed by atoms with E-state index in [-0.39, 0.29) is 16.7 Å². The summed E-state index contributed by atoms with van der Waals surface area (Å²) in [5, 5.41) is 7.39. The van der Waals surface area contributed by atoms with Crippen LogP contribution >= 0.6 is 0 Å². The number of nitrogens with one attached hydrogen (secondary N) is 1. The summed E-state index contributed by atoms with van der Waals surface area (Å²) in [6.45, 7) is 3.59. The van der Waals surface area contributed by atoms with Crippen LogP contribution in [0.15, 0.2) is 53.7 Å². The number of hydrogen-bond donors (Lipinski definition) is 3. The fourth-order valence-corrected chi connectivity index (χ4v) is 4.32. The highest BCUT2D eigenvalue weighted by Gasteiger charge is 2.20. The first-order chi connectivity index (χ1) is 16.8. The quantitative estimate of drug-likeness (QED) is 0.264. The highest BCUT2D eigenvalue weighted by atomic mass is 19.1. The van der Waals surface area contributed by atoms with Crippen LogP contribution in [0.5, 0.6) is 0 Å². The van der Waals surface area contributed by atoms with Crippen LogP contribution in [0.3, 0.4) is 0 Å². The Kier molecular flexibility index (Phi) is 5.20. The molecule has 2 aromatic carbocycles. The van der Waals surface area contributed by atoms with Crippen molar-refractivity contribution in [2.45, 2.75) is 13.8 Å². The number of pyridine rings is 2. The number of anilines is 1. The number of amidine groups is 1. The van der Waals surface area contributed by atoms with Crippen LogP contribution < -0.4 is 11.5 Å². The zero-order valence-electron chi connectivity index (χ0n) is 18.8. The van der Waals surface area contributed by atoms with E-state index in [0.717, 1.165) is 35.3 Å². The fourth-order valence-electron chi connectivity index (χ4n) is 4.32. The van der Waals surface area contributed by atoms with Gasteiger partial charge in [-0.25, -0.2) is 23.7 Å². The summed E-state index contributed by atoms with van der Waals surface area (Å²) in [6, 6.07) is 11.0. The Morgan fingerprint density at radius 1 is 1.00 bits per heavy atom. The molecule has 3 heterocycles. The molecule has 0 bridgehead atoms. The second kappa shape index (κ2) is 8.24. The van der Waals surface area contributed by atoms with Gasteiger partial charge in [0, 0.05) is 17.5 Å². The Balaban J connectivity index is 1.91. The average Bonchev–Trinajstić information content (AvgIpc) is 3.15. The van der Waals surface area contributed by atoms with Gasteiger partial charge in [-0.15, -0.1) is 0 Å². The SMILES string of the molecule is Cc1cc(-c2cc(C(N)=NC=N)c3nc(C)n(-c4ccnc5c(F)ccc(F)c45)c3c2)cc(N)n1. The van der Waals surface area contributed by atoms with Crippen molar-refractivity contribution in [1.82, 2.24) is 19.5 Å². The molecule has 5 N–H and O–H groups in total. The number of nitrogen functional groups attached to an aromatic ring is 1. The van der Waals surface area contributed by atoms with E-state index >= 15 is 0 Å². The molecule has 0 unspecified atom stereocenters. The first kappa shape index (κ1) is 22.1. The highest BCUT2D eigenvalue weighted by Crippen LogP contribution is 2.34. The van der Waals surface area contributed by atoms with E-state index < -0.39 is 11.6 Å². The number of nitrogens with zero attached hydrogens (tertiary/aromatic N) is 5. The lowest BCUT2D eigenvalue weighted by Crippen LogP contribution is -2.14. The van der Waals surface area contributed by atoms with E-state index in [2.05, 4.69) is 19.9 Å². The van der Waals surface area contributed by atoms with Gasteiger partial charge < -0.3 is 11.5 Å². The molecule has 10 heteroatoms.